The van der Waals surface area contributed by atoms with Gasteiger partial charge in [0.25, 0.3) is 11.8 Å². The molecule has 0 radical (unpaired) electrons. The fourth-order valence-electron chi connectivity index (χ4n) is 2.57. The van der Waals surface area contributed by atoms with Crippen molar-refractivity contribution in [2.24, 2.45) is 0 Å². The van der Waals surface area contributed by atoms with Crippen LogP contribution in [0.15, 0.2) is 36.4 Å². The van der Waals surface area contributed by atoms with Crippen LogP contribution in [0.25, 0.3) is 0 Å². The Kier molecular flexibility index (Phi) is 4.46. The van der Waals surface area contributed by atoms with Crippen LogP contribution < -0.4 is 24.8 Å². The van der Waals surface area contributed by atoms with Gasteiger partial charge in [-0.15, -0.1) is 0 Å². The first-order valence-electron chi connectivity index (χ1n) is 8.02. The maximum atomic E-state index is 12.5. The third-order valence-electron chi connectivity index (χ3n) is 4.04. The number of ether oxygens (including phenoxy) is 3. The first-order valence-corrected chi connectivity index (χ1v) is 8.02. The van der Waals surface area contributed by atoms with Gasteiger partial charge in [0.05, 0.1) is 19.9 Å². The van der Waals surface area contributed by atoms with Crippen LogP contribution in [0, 0.1) is 0 Å². The van der Waals surface area contributed by atoms with E-state index < -0.39 is 5.60 Å². The third-order valence-corrected chi connectivity index (χ3v) is 4.04. The second-order valence-corrected chi connectivity index (χ2v) is 6.30. The zero-order chi connectivity index (χ0) is 18.9. The summed E-state index contributed by atoms with van der Waals surface area (Å²) >= 11 is 0. The maximum absolute atomic E-state index is 12.5. The van der Waals surface area contributed by atoms with Crippen LogP contribution in [0.2, 0.25) is 0 Å². The summed E-state index contributed by atoms with van der Waals surface area (Å²) in [6.45, 7) is 3.38. The molecule has 0 atom stereocenters. The maximum Gasteiger partial charge on any atom is 0.268 e. The fraction of sp³-hybridized carbons (Fsp3) is 0.263. The molecule has 1 aliphatic rings. The van der Waals surface area contributed by atoms with Crippen molar-refractivity contribution in [3.8, 4) is 17.2 Å². The van der Waals surface area contributed by atoms with Crippen molar-refractivity contribution in [3.05, 3.63) is 42.0 Å². The Morgan fingerprint density at radius 3 is 2.50 bits per heavy atom. The highest BCUT2D eigenvalue weighted by atomic mass is 16.5. The number of anilines is 2. The first kappa shape index (κ1) is 17.6. The van der Waals surface area contributed by atoms with Crippen LogP contribution in [-0.4, -0.2) is 31.6 Å². The lowest BCUT2D eigenvalue weighted by molar-refractivity contribution is -0.129. The number of methoxy groups -OCH3 is 2. The minimum Gasteiger partial charge on any atom is -0.493 e. The zero-order valence-corrected chi connectivity index (χ0v) is 15.0. The number of hydrogen-bond donors (Lipinski definition) is 2. The predicted octanol–water partition coefficient (Wildman–Crippen LogP) is 3.07. The minimum absolute atomic E-state index is 0.242. The molecule has 2 N–H and O–H groups in total. The normalized spacial score (nSPS) is 14.5. The molecule has 0 fully saturated rings. The van der Waals surface area contributed by atoms with E-state index in [4.69, 9.17) is 14.2 Å². The molecule has 0 aliphatic carbocycles. The number of rotatable bonds is 4. The lowest BCUT2D eigenvalue weighted by Crippen LogP contribution is -2.45. The average molecular weight is 356 g/mol. The molecule has 2 aromatic rings. The van der Waals surface area contributed by atoms with Gasteiger partial charge in [-0.2, -0.15) is 0 Å². The molecule has 2 amide bonds. The fourth-order valence-corrected chi connectivity index (χ4v) is 2.57. The van der Waals surface area contributed by atoms with Crippen molar-refractivity contribution in [3.63, 3.8) is 0 Å². The van der Waals surface area contributed by atoms with E-state index in [0.717, 1.165) is 0 Å². The van der Waals surface area contributed by atoms with Gasteiger partial charge in [-0.1, -0.05) is 0 Å². The second-order valence-electron chi connectivity index (χ2n) is 6.30. The van der Waals surface area contributed by atoms with Crippen LogP contribution in [0.1, 0.15) is 24.2 Å². The van der Waals surface area contributed by atoms with E-state index in [1.165, 1.54) is 14.2 Å². The Balaban J connectivity index is 1.81. The zero-order valence-electron chi connectivity index (χ0n) is 15.0. The average Bonchev–Trinajstić information content (AvgIpc) is 2.62. The van der Waals surface area contributed by atoms with Crippen molar-refractivity contribution in [2.45, 2.75) is 19.4 Å². The molecular formula is C19H20N2O5. The van der Waals surface area contributed by atoms with E-state index >= 15 is 0 Å². The van der Waals surface area contributed by atoms with E-state index in [9.17, 15) is 9.59 Å². The summed E-state index contributed by atoms with van der Waals surface area (Å²) in [5, 5.41) is 5.58. The Hall–Kier alpha value is -3.22. The molecule has 7 nitrogen and oxygen atoms in total. The van der Waals surface area contributed by atoms with Crippen molar-refractivity contribution in [1.82, 2.24) is 0 Å². The summed E-state index contributed by atoms with van der Waals surface area (Å²) in [7, 11) is 3.04. The monoisotopic (exact) mass is 356 g/mol. The molecule has 0 aromatic heterocycles. The molecule has 0 unspecified atom stereocenters. The summed E-state index contributed by atoms with van der Waals surface area (Å²) in [6.07, 6.45) is 0. The molecule has 0 bridgehead atoms. The quantitative estimate of drug-likeness (QED) is 0.879. The molecule has 3 rings (SSSR count). The molecular weight excluding hydrogens is 336 g/mol. The van der Waals surface area contributed by atoms with Crippen molar-refractivity contribution in [1.29, 1.82) is 0 Å². The van der Waals surface area contributed by atoms with Gasteiger partial charge in [-0.3, -0.25) is 9.59 Å². The van der Waals surface area contributed by atoms with Crippen molar-refractivity contribution in [2.75, 3.05) is 24.9 Å². The lowest BCUT2D eigenvalue weighted by Gasteiger charge is -2.31. The summed E-state index contributed by atoms with van der Waals surface area (Å²) in [5.74, 6) is 1.01. The molecule has 0 saturated heterocycles. The van der Waals surface area contributed by atoms with E-state index in [1.54, 1.807) is 50.2 Å². The number of fused-ring (bicyclic) bond motifs is 1. The van der Waals surface area contributed by atoms with E-state index in [1.807, 2.05) is 0 Å². The highest BCUT2D eigenvalue weighted by Crippen LogP contribution is 2.35. The second kappa shape index (κ2) is 6.59. The molecule has 0 saturated carbocycles. The van der Waals surface area contributed by atoms with Gasteiger partial charge in [0.15, 0.2) is 17.1 Å². The standard InChI is InChI=1S/C19H20N2O5/c1-19(2)18(23)21-13-10-12(6-8-14(13)26-19)20-17(22)11-5-7-15(24-3)16(9-11)25-4/h5-10H,1-4H3,(H,20,22)(H,21,23). The van der Waals surface area contributed by atoms with Crippen LogP contribution in [0.5, 0.6) is 17.2 Å². The van der Waals surface area contributed by atoms with Gasteiger partial charge >= 0.3 is 0 Å². The van der Waals surface area contributed by atoms with E-state index in [2.05, 4.69) is 10.6 Å². The summed E-state index contributed by atoms with van der Waals surface area (Å²) in [5.41, 5.74) is 0.533. The summed E-state index contributed by atoms with van der Waals surface area (Å²) in [6, 6.07) is 9.98. The summed E-state index contributed by atoms with van der Waals surface area (Å²) in [4.78, 5) is 24.5. The minimum atomic E-state index is -0.933. The molecule has 2 aromatic carbocycles. The van der Waals surface area contributed by atoms with E-state index in [-0.39, 0.29) is 11.8 Å². The Bertz CT molecular complexity index is 876. The smallest absolute Gasteiger partial charge is 0.268 e. The number of carbonyl (C=O) groups excluding carboxylic acids is 2. The molecule has 1 aliphatic heterocycles. The molecule has 136 valence electrons. The van der Waals surface area contributed by atoms with Gasteiger partial charge in [0.1, 0.15) is 5.75 Å². The van der Waals surface area contributed by atoms with Gasteiger partial charge in [-0.25, -0.2) is 0 Å². The number of benzene rings is 2. The van der Waals surface area contributed by atoms with Crippen LogP contribution in [-0.2, 0) is 4.79 Å². The lowest BCUT2D eigenvalue weighted by atomic mass is 10.1. The summed E-state index contributed by atoms with van der Waals surface area (Å²) < 4.78 is 16.1. The number of nitrogens with one attached hydrogen (secondary N) is 2. The van der Waals surface area contributed by atoms with Gasteiger partial charge in [-0.05, 0) is 50.2 Å². The Labute approximate surface area is 151 Å². The first-order chi connectivity index (χ1) is 12.3. The SMILES string of the molecule is COc1ccc(C(=O)Nc2ccc3c(c2)NC(=O)C(C)(C)O3)cc1OC. The molecule has 1 heterocycles. The molecule has 0 spiro atoms. The number of hydrogen-bond acceptors (Lipinski definition) is 5. The number of carbonyl (C=O) groups is 2. The topological polar surface area (TPSA) is 85.9 Å². The van der Waals surface area contributed by atoms with Gasteiger partial charge < -0.3 is 24.8 Å². The van der Waals surface area contributed by atoms with Crippen molar-refractivity contribution >= 4 is 23.2 Å². The highest BCUT2D eigenvalue weighted by molar-refractivity contribution is 6.06. The molecule has 7 heteroatoms. The van der Waals surface area contributed by atoms with Crippen molar-refractivity contribution < 1.29 is 23.8 Å². The predicted molar refractivity (Wildman–Crippen MR) is 97.3 cm³/mol. The van der Waals surface area contributed by atoms with Gasteiger partial charge in [0, 0.05) is 11.3 Å². The number of amides is 2. The highest BCUT2D eigenvalue weighted by Gasteiger charge is 2.35. The molecule has 26 heavy (non-hydrogen) atoms. The van der Waals surface area contributed by atoms with E-state index in [0.29, 0.717) is 34.2 Å². The van der Waals surface area contributed by atoms with Crippen LogP contribution >= 0.6 is 0 Å². The largest absolute Gasteiger partial charge is 0.493 e. The van der Waals surface area contributed by atoms with Gasteiger partial charge in [0.2, 0.25) is 0 Å². The van der Waals surface area contributed by atoms with Crippen LogP contribution in [0.4, 0.5) is 11.4 Å². The third kappa shape index (κ3) is 3.28. The van der Waals surface area contributed by atoms with Crippen LogP contribution in [0.3, 0.4) is 0 Å². The Morgan fingerprint density at radius 2 is 1.81 bits per heavy atom. The Morgan fingerprint density at radius 1 is 1.08 bits per heavy atom.